The summed E-state index contributed by atoms with van der Waals surface area (Å²) in [6.07, 6.45) is 3.30. The highest BCUT2D eigenvalue weighted by atomic mass is 16.5. The number of aromatic nitrogens is 2. The molecule has 23 heavy (non-hydrogen) atoms. The molecule has 0 radical (unpaired) electrons. The Labute approximate surface area is 131 Å². The number of hydrogen-bond donors (Lipinski definition) is 1. The van der Waals surface area contributed by atoms with Crippen molar-refractivity contribution in [2.24, 2.45) is 0 Å². The van der Waals surface area contributed by atoms with Gasteiger partial charge in [-0.1, -0.05) is 0 Å². The fourth-order valence-corrected chi connectivity index (χ4v) is 2.01. The van der Waals surface area contributed by atoms with Crippen LogP contribution in [-0.2, 0) is 9.53 Å². The molecular formula is C16H13N3O4. The Morgan fingerprint density at radius 3 is 2.74 bits per heavy atom. The summed E-state index contributed by atoms with van der Waals surface area (Å²) in [6, 6.07) is 8.45. The summed E-state index contributed by atoms with van der Waals surface area (Å²) >= 11 is 0. The number of nitrogens with one attached hydrogen (secondary N) is 1. The minimum Gasteiger partial charge on any atom is -0.468 e. The predicted molar refractivity (Wildman–Crippen MR) is 81.6 cm³/mol. The molecule has 1 N–H and O–H groups in total. The first-order chi connectivity index (χ1) is 11.2. The quantitative estimate of drug-likeness (QED) is 0.738. The summed E-state index contributed by atoms with van der Waals surface area (Å²) < 4.78 is 10.1. The van der Waals surface area contributed by atoms with E-state index in [1.165, 1.54) is 7.11 Å². The van der Waals surface area contributed by atoms with Gasteiger partial charge in [0.1, 0.15) is 12.1 Å². The highest BCUT2D eigenvalue weighted by molar-refractivity contribution is 5.98. The summed E-state index contributed by atoms with van der Waals surface area (Å²) in [5.41, 5.74) is 2.31. The van der Waals surface area contributed by atoms with Gasteiger partial charge in [-0.15, -0.1) is 0 Å². The van der Waals surface area contributed by atoms with Gasteiger partial charge in [-0.05, 0) is 30.3 Å². The summed E-state index contributed by atoms with van der Waals surface area (Å²) in [5.74, 6) is -0.443. The number of carbonyl (C=O) groups excluding carboxylic acids is 2. The van der Waals surface area contributed by atoms with Crippen LogP contribution in [0.4, 0.5) is 0 Å². The zero-order valence-electron chi connectivity index (χ0n) is 12.3. The number of pyridine rings is 1. The van der Waals surface area contributed by atoms with Crippen molar-refractivity contribution < 1.29 is 18.7 Å². The molecule has 2 aromatic heterocycles. The molecule has 0 unspecified atom stereocenters. The van der Waals surface area contributed by atoms with Crippen molar-refractivity contribution in [1.82, 2.24) is 15.3 Å². The van der Waals surface area contributed by atoms with Crippen LogP contribution in [0.2, 0.25) is 0 Å². The topological polar surface area (TPSA) is 94.3 Å². The third kappa shape index (κ3) is 3.18. The first kappa shape index (κ1) is 14.7. The Morgan fingerprint density at radius 1 is 1.22 bits per heavy atom. The Bertz CT molecular complexity index is 858. The summed E-state index contributed by atoms with van der Waals surface area (Å²) in [5, 5.41) is 2.47. The van der Waals surface area contributed by atoms with Crippen LogP contribution in [0.3, 0.4) is 0 Å². The second-order valence-electron chi connectivity index (χ2n) is 4.70. The summed E-state index contributed by atoms with van der Waals surface area (Å²) in [7, 11) is 1.26. The molecule has 0 aliphatic carbocycles. The van der Waals surface area contributed by atoms with E-state index in [1.54, 1.807) is 42.7 Å². The third-order valence-electron chi connectivity index (χ3n) is 3.20. The lowest BCUT2D eigenvalue weighted by molar-refractivity contribution is -0.139. The average molecular weight is 311 g/mol. The van der Waals surface area contributed by atoms with Gasteiger partial charge in [0, 0.05) is 23.5 Å². The summed E-state index contributed by atoms with van der Waals surface area (Å²) in [4.78, 5) is 31.4. The van der Waals surface area contributed by atoms with Crippen molar-refractivity contribution in [3.63, 3.8) is 0 Å². The molecule has 7 nitrogen and oxygen atoms in total. The number of benzene rings is 1. The van der Waals surface area contributed by atoms with E-state index in [0.717, 1.165) is 5.56 Å². The fourth-order valence-electron chi connectivity index (χ4n) is 2.01. The Hall–Kier alpha value is -3.22. The molecule has 1 aromatic carbocycles. The van der Waals surface area contributed by atoms with E-state index in [2.05, 4.69) is 20.0 Å². The van der Waals surface area contributed by atoms with Crippen LogP contribution in [-0.4, -0.2) is 35.5 Å². The standard InChI is InChI=1S/C16H13N3O4/c1-22-14(20)9-18-15(21)11-2-3-13-12(8-11)19-16(23-13)10-4-6-17-7-5-10/h2-8H,9H2,1H3,(H,18,21). The maximum absolute atomic E-state index is 12.0. The number of fused-ring (bicyclic) bond motifs is 1. The lowest BCUT2D eigenvalue weighted by Gasteiger charge is -2.03. The SMILES string of the molecule is COC(=O)CNC(=O)c1ccc2oc(-c3ccncc3)nc2c1. The molecule has 0 bridgehead atoms. The molecule has 7 heteroatoms. The number of ether oxygens (including phenoxy) is 1. The second-order valence-corrected chi connectivity index (χ2v) is 4.70. The molecule has 3 rings (SSSR count). The Balaban J connectivity index is 1.85. The normalized spacial score (nSPS) is 10.5. The Morgan fingerprint density at radius 2 is 2.00 bits per heavy atom. The van der Waals surface area contributed by atoms with Gasteiger partial charge in [-0.3, -0.25) is 14.6 Å². The zero-order chi connectivity index (χ0) is 16.2. The van der Waals surface area contributed by atoms with Gasteiger partial charge in [-0.25, -0.2) is 4.98 Å². The average Bonchev–Trinajstić information content (AvgIpc) is 3.03. The minimum absolute atomic E-state index is 0.186. The number of esters is 1. The van der Waals surface area contributed by atoms with Crippen LogP contribution < -0.4 is 5.32 Å². The van der Waals surface area contributed by atoms with Gasteiger partial charge in [0.25, 0.3) is 5.91 Å². The van der Waals surface area contributed by atoms with E-state index >= 15 is 0 Å². The maximum Gasteiger partial charge on any atom is 0.325 e. The van der Waals surface area contributed by atoms with Crippen LogP contribution in [0.1, 0.15) is 10.4 Å². The molecule has 0 fully saturated rings. The number of amides is 1. The smallest absolute Gasteiger partial charge is 0.325 e. The second kappa shape index (κ2) is 6.27. The van der Waals surface area contributed by atoms with Gasteiger partial charge in [0.15, 0.2) is 5.58 Å². The maximum atomic E-state index is 12.0. The van der Waals surface area contributed by atoms with E-state index in [4.69, 9.17) is 4.42 Å². The number of nitrogens with zero attached hydrogens (tertiary/aromatic N) is 2. The molecule has 0 aliphatic heterocycles. The molecule has 2 heterocycles. The molecule has 0 atom stereocenters. The molecule has 1 amide bonds. The van der Waals surface area contributed by atoms with Crippen molar-refractivity contribution in [3.05, 3.63) is 48.3 Å². The van der Waals surface area contributed by atoms with Gasteiger partial charge < -0.3 is 14.5 Å². The molecule has 0 saturated heterocycles. The first-order valence-corrected chi connectivity index (χ1v) is 6.83. The molecule has 3 aromatic rings. The summed E-state index contributed by atoms with van der Waals surface area (Å²) in [6.45, 7) is -0.186. The number of rotatable bonds is 4. The van der Waals surface area contributed by atoms with Crippen LogP contribution >= 0.6 is 0 Å². The van der Waals surface area contributed by atoms with Gasteiger partial charge >= 0.3 is 5.97 Å². The lowest BCUT2D eigenvalue weighted by atomic mass is 10.2. The molecule has 0 spiro atoms. The third-order valence-corrected chi connectivity index (χ3v) is 3.20. The van der Waals surface area contributed by atoms with Crippen LogP contribution in [0, 0.1) is 0 Å². The fraction of sp³-hybridized carbons (Fsp3) is 0.125. The molecule has 116 valence electrons. The highest BCUT2D eigenvalue weighted by Crippen LogP contribution is 2.24. The van der Waals surface area contributed by atoms with Gasteiger partial charge in [0.05, 0.1) is 7.11 Å². The largest absolute Gasteiger partial charge is 0.468 e. The number of methoxy groups -OCH3 is 1. The number of carbonyl (C=O) groups is 2. The monoisotopic (exact) mass is 311 g/mol. The van der Waals surface area contributed by atoms with Crippen molar-refractivity contribution >= 4 is 23.0 Å². The zero-order valence-corrected chi connectivity index (χ0v) is 12.3. The first-order valence-electron chi connectivity index (χ1n) is 6.83. The van der Waals surface area contributed by atoms with E-state index in [0.29, 0.717) is 22.6 Å². The minimum atomic E-state index is -0.513. The van der Waals surface area contributed by atoms with Gasteiger partial charge in [-0.2, -0.15) is 0 Å². The van der Waals surface area contributed by atoms with Crippen LogP contribution in [0.15, 0.2) is 47.1 Å². The lowest BCUT2D eigenvalue weighted by Crippen LogP contribution is -2.30. The van der Waals surface area contributed by atoms with E-state index < -0.39 is 5.97 Å². The van der Waals surface area contributed by atoms with Crippen molar-refractivity contribution in [1.29, 1.82) is 0 Å². The molecule has 0 saturated carbocycles. The van der Waals surface area contributed by atoms with Crippen molar-refractivity contribution in [2.75, 3.05) is 13.7 Å². The molecule has 0 aliphatic rings. The Kier molecular flexibility index (Phi) is 4.01. The van der Waals surface area contributed by atoms with Crippen LogP contribution in [0.25, 0.3) is 22.6 Å². The van der Waals surface area contributed by atoms with E-state index in [-0.39, 0.29) is 12.5 Å². The van der Waals surface area contributed by atoms with Gasteiger partial charge in [0.2, 0.25) is 5.89 Å². The predicted octanol–water partition coefficient (Wildman–Crippen LogP) is 1.79. The van der Waals surface area contributed by atoms with E-state index in [9.17, 15) is 9.59 Å². The van der Waals surface area contributed by atoms with Crippen molar-refractivity contribution in [2.45, 2.75) is 0 Å². The number of oxazole rings is 1. The van der Waals surface area contributed by atoms with E-state index in [1.807, 2.05) is 0 Å². The molecular weight excluding hydrogens is 298 g/mol. The van der Waals surface area contributed by atoms with Crippen molar-refractivity contribution in [3.8, 4) is 11.5 Å². The van der Waals surface area contributed by atoms with Crippen LogP contribution in [0.5, 0.6) is 0 Å². The number of hydrogen-bond acceptors (Lipinski definition) is 6. The highest BCUT2D eigenvalue weighted by Gasteiger charge is 2.12.